The number of rotatable bonds is 5. The average molecular weight is 387 g/mol. The molecule has 0 saturated carbocycles. The predicted octanol–water partition coefficient (Wildman–Crippen LogP) is 2.97. The van der Waals surface area contributed by atoms with Gasteiger partial charge in [0.2, 0.25) is 0 Å². The van der Waals surface area contributed by atoms with Gasteiger partial charge in [-0.05, 0) is 32.0 Å². The van der Waals surface area contributed by atoms with Gasteiger partial charge in [0, 0.05) is 12.6 Å². The van der Waals surface area contributed by atoms with E-state index in [2.05, 4.69) is 10.3 Å². The summed E-state index contributed by atoms with van der Waals surface area (Å²) in [6, 6.07) is 2.56. The van der Waals surface area contributed by atoms with E-state index in [1.807, 2.05) is 0 Å². The largest absolute Gasteiger partial charge is 0.464 e. The number of nitrogens with one attached hydrogen (secondary N) is 1. The van der Waals surface area contributed by atoms with Crippen LogP contribution in [-0.2, 0) is 22.8 Å². The lowest BCUT2D eigenvalue weighted by Crippen LogP contribution is -2.29. The number of halogens is 4. The zero-order chi connectivity index (χ0) is 20.4. The summed E-state index contributed by atoms with van der Waals surface area (Å²) in [7, 11) is 0.974. The molecule has 1 aromatic heterocycles. The number of ether oxygens (including phenoxy) is 1. The van der Waals surface area contributed by atoms with Crippen LogP contribution in [0.15, 0.2) is 29.2 Å². The van der Waals surface area contributed by atoms with Crippen molar-refractivity contribution in [2.45, 2.75) is 26.1 Å². The van der Waals surface area contributed by atoms with Crippen molar-refractivity contribution >= 4 is 11.7 Å². The maximum absolute atomic E-state index is 14.0. The maximum atomic E-state index is 14.0. The first-order valence-corrected chi connectivity index (χ1v) is 7.92. The van der Waals surface area contributed by atoms with E-state index in [4.69, 9.17) is 4.74 Å². The van der Waals surface area contributed by atoms with Gasteiger partial charge in [-0.3, -0.25) is 4.79 Å². The number of esters is 1. The van der Waals surface area contributed by atoms with Gasteiger partial charge < -0.3 is 14.6 Å². The number of benzene rings is 1. The van der Waals surface area contributed by atoms with Gasteiger partial charge in [0.05, 0.1) is 18.5 Å². The van der Waals surface area contributed by atoms with Crippen LogP contribution in [-0.4, -0.2) is 28.2 Å². The standard InChI is InChI=1S/C17H17F4N3O3/c1-4-27-16(26)9(2)23-12-7-10(5-6-11(12)18)14-15(25)24(3)13(8-22-14)17(19,20)21/h5-9,23H,4H2,1-3H3. The minimum Gasteiger partial charge on any atom is -0.464 e. The first-order valence-electron chi connectivity index (χ1n) is 7.92. The fraction of sp³-hybridized carbons (Fsp3) is 0.353. The van der Waals surface area contributed by atoms with Crippen molar-refractivity contribution in [1.82, 2.24) is 9.55 Å². The number of anilines is 1. The molecular formula is C17H17F4N3O3. The smallest absolute Gasteiger partial charge is 0.433 e. The molecule has 2 aromatic rings. The summed E-state index contributed by atoms with van der Waals surface area (Å²) in [5, 5.41) is 2.61. The van der Waals surface area contributed by atoms with E-state index < -0.39 is 35.3 Å². The van der Waals surface area contributed by atoms with Gasteiger partial charge >= 0.3 is 12.1 Å². The number of hydrogen-bond acceptors (Lipinski definition) is 5. The molecule has 0 spiro atoms. The lowest BCUT2D eigenvalue weighted by molar-refractivity contribution is -0.144. The Morgan fingerprint density at radius 1 is 1.37 bits per heavy atom. The second-order valence-electron chi connectivity index (χ2n) is 5.67. The van der Waals surface area contributed by atoms with Gasteiger partial charge in [0.1, 0.15) is 23.2 Å². The van der Waals surface area contributed by atoms with Crippen molar-refractivity contribution in [2.75, 3.05) is 11.9 Å². The molecule has 1 heterocycles. The van der Waals surface area contributed by atoms with E-state index in [1.54, 1.807) is 6.92 Å². The van der Waals surface area contributed by atoms with Crippen LogP contribution < -0.4 is 10.9 Å². The van der Waals surface area contributed by atoms with Gasteiger partial charge in [0.15, 0.2) is 0 Å². The van der Waals surface area contributed by atoms with E-state index in [0.29, 0.717) is 10.8 Å². The minimum atomic E-state index is -4.73. The minimum absolute atomic E-state index is 0.101. The maximum Gasteiger partial charge on any atom is 0.433 e. The van der Waals surface area contributed by atoms with Crippen LogP contribution in [0.25, 0.3) is 11.3 Å². The number of nitrogens with zero attached hydrogens (tertiary/aromatic N) is 2. The topological polar surface area (TPSA) is 73.2 Å². The fourth-order valence-electron chi connectivity index (χ4n) is 2.34. The van der Waals surface area contributed by atoms with Crippen molar-refractivity contribution in [3.63, 3.8) is 0 Å². The Balaban J connectivity index is 2.43. The van der Waals surface area contributed by atoms with Gasteiger partial charge in [-0.15, -0.1) is 0 Å². The second kappa shape index (κ2) is 7.77. The van der Waals surface area contributed by atoms with Gasteiger partial charge in [-0.2, -0.15) is 13.2 Å². The van der Waals surface area contributed by atoms with Crippen LogP contribution in [0.4, 0.5) is 23.2 Å². The lowest BCUT2D eigenvalue weighted by atomic mass is 10.1. The molecule has 1 atom stereocenters. The molecule has 1 aromatic carbocycles. The summed E-state index contributed by atoms with van der Waals surface area (Å²) in [4.78, 5) is 27.5. The molecular weight excluding hydrogens is 370 g/mol. The Hall–Kier alpha value is -2.91. The Labute approximate surface area is 151 Å². The Kier molecular flexibility index (Phi) is 5.87. The van der Waals surface area contributed by atoms with Crippen molar-refractivity contribution in [2.24, 2.45) is 7.05 Å². The van der Waals surface area contributed by atoms with Crippen LogP contribution >= 0.6 is 0 Å². The van der Waals surface area contributed by atoms with Crippen LogP contribution in [0.1, 0.15) is 19.5 Å². The van der Waals surface area contributed by atoms with Crippen LogP contribution in [0.5, 0.6) is 0 Å². The zero-order valence-electron chi connectivity index (χ0n) is 14.7. The molecule has 0 bridgehead atoms. The van der Waals surface area contributed by atoms with Gasteiger partial charge in [-0.25, -0.2) is 14.2 Å². The summed E-state index contributed by atoms with van der Waals surface area (Å²) in [6.45, 7) is 3.23. The van der Waals surface area contributed by atoms with Crippen LogP contribution in [0.2, 0.25) is 0 Å². The molecule has 10 heteroatoms. The van der Waals surface area contributed by atoms with Crippen molar-refractivity contribution in [1.29, 1.82) is 0 Å². The molecule has 1 N–H and O–H groups in total. The highest BCUT2D eigenvalue weighted by Crippen LogP contribution is 2.28. The number of carbonyl (C=O) groups is 1. The predicted molar refractivity (Wildman–Crippen MR) is 89.6 cm³/mol. The van der Waals surface area contributed by atoms with Gasteiger partial charge in [-0.1, -0.05) is 0 Å². The highest BCUT2D eigenvalue weighted by Gasteiger charge is 2.34. The Bertz CT molecular complexity index is 909. The number of hydrogen-bond donors (Lipinski definition) is 1. The quantitative estimate of drug-likeness (QED) is 0.631. The average Bonchev–Trinajstić information content (AvgIpc) is 2.58. The highest BCUT2D eigenvalue weighted by molar-refractivity contribution is 5.79. The Morgan fingerprint density at radius 2 is 2.04 bits per heavy atom. The summed E-state index contributed by atoms with van der Waals surface area (Å²) in [6.07, 6.45) is -4.20. The summed E-state index contributed by atoms with van der Waals surface area (Å²) in [5.41, 5.74) is -2.48. The molecule has 6 nitrogen and oxygen atoms in total. The molecule has 2 rings (SSSR count). The highest BCUT2D eigenvalue weighted by atomic mass is 19.4. The third-order valence-corrected chi connectivity index (χ3v) is 3.73. The first-order chi connectivity index (χ1) is 12.6. The SMILES string of the molecule is CCOC(=O)C(C)Nc1cc(-c2ncc(C(F)(F)F)n(C)c2=O)ccc1F. The molecule has 0 aliphatic carbocycles. The van der Waals surface area contributed by atoms with E-state index >= 15 is 0 Å². The van der Waals surface area contributed by atoms with Crippen molar-refractivity contribution in [3.05, 3.63) is 46.3 Å². The molecule has 146 valence electrons. The van der Waals surface area contributed by atoms with E-state index in [0.717, 1.165) is 13.1 Å². The zero-order valence-corrected chi connectivity index (χ0v) is 14.7. The molecule has 1 unspecified atom stereocenters. The van der Waals surface area contributed by atoms with Crippen molar-refractivity contribution < 1.29 is 27.1 Å². The molecule has 0 fully saturated rings. The number of carbonyl (C=O) groups excluding carboxylic acids is 1. The fourth-order valence-corrected chi connectivity index (χ4v) is 2.34. The monoisotopic (exact) mass is 387 g/mol. The lowest BCUT2D eigenvalue weighted by Gasteiger charge is -2.16. The van der Waals surface area contributed by atoms with E-state index in [9.17, 15) is 27.2 Å². The molecule has 0 radical (unpaired) electrons. The second-order valence-corrected chi connectivity index (χ2v) is 5.67. The third kappa shape index (κ3) is 4.44. The number of aromatic nitrogens is 2. The van der Waals surface area contributed by atoms with E-state index in [1.165, 1.54) is 19.1 Å². The summed E-state index contributed by atoms with van der Waals surface area (Å²) < 4.78 is 57.8. The summed E-state index contributed by atoms with van der Waals surface area (Å²) >= 11 is 0. The normalized spacial score (nSPS) is 12.6. The molecule has 0 amide bonds. The third-order valence-electron chi connectivity index (χ3n) is 3.73. The van der Waals surface area contributed by atoms with Crippen molar-refractivity contribution in [3.8, 4) is 11.3 Å². The molecule has 27 heavy (non-hydrogen) atoms. The van der Waals surface area contributed by atoms with Gasteiger partial charge in [0.25, 0.3) is 5.56 Å². The van der Waals surface area contributed by atoms with E-state index in [-0.39, 0.29) is 23.6 Å². The number of alkyl halides is 3. The first kappa shape index (κ1) is 20.4. The summed E-state index contributed by atoms with van der Waals surface area (Å²) in [5.74, 6) is -1.32. The molecule has 0 saturated heterocycles. The van der Waals surface area contributed by atoms with Crippen LogP contribution in [0, 0.1) is 5.82 Å². The molecule has 0 aliphatic heterocycles. The Morgan fingerprint density at radius 3 is 2.63 bits per heavy atom. The van der Waals surface area contributed by atoms with Crippen LogP contribution in [0.3, 0.4) is 0 Å². The molecule has 0 aliphatic rings.